The zero-order valence-electron chi connectivity index (χ0n) is 10.2. The third-order valence-electron chi connectivity index (χ3n) is 3.25. The van der Waals surface area contributed by atoms with Crippen LogP contribution in [0.5, 0.6) is 0 Å². The molecule has 18 heavy (non-hydrogen) atoms. The second-order valence-electron chi connectivity index (χ2n) is 4.56. The number of aryl methyl sites for hydroxylation is 1. The molecule has 2 rings (SSSR count). The van der Waals surface area contributed by atoms with Gasteiger partial charge in [0.25, 0.3) is 0 Å². The quantitative estimate of drug-likeness (QED) is 0.837. The third-order valence-corrected chi connectivity index (χ3v) is 3.25. The summed E-state index contributed by atoms with van der Waals surface area (Å²) in [5.41, 5.74) is 0. The van der Waals surface area contributed by atoms with Crippen molar-refractivity contribution in [3.63, 3.8) is 0 Å². The Morgan fingerprint density at radius 3 is 2.83 bits per heavy atom. The van der Waals surface area contributed by atoms with Crippen LogP contribution in [0.1, 0.15) is 30.9 Å². The van der Waals surface area contributed by atoms with E-state index in [2.05, 4.69) is 10.3 Å². The Bertz CT molecular complexity index is 455. The first-order valence-electron chi connectivity index (χ1n) is 5.99. The number of aromatic nitrogens is 1. The number of hydrogen-bond donors (Lipinski definition) is 2. The second kappa shape index (κ2) is 5.20. The molecule has 98 valence electrons. The maximum atomic E-state index is 11.9. The molecule has 6 nitrogen and oxygen atoms in total. The van der Waals surface area contributed by atoms with Crippen LogP contribution in [-0.4, -0.2) is 22.0 Å². The predicted octanol–water partition coefficient (Wildman–Crippen LogP) is 1.10. The Hall–Kier alpha value is -1.85. The Balaban J connectivity index is 1.89. The lowest BCUT2D eigenvalue weighted by Crippen LogP contribution is -2.34. The van der Waals surface area contributed by atoms with Crippen molar-refractivity contribution >= 4 is 11.9 Å². The summed E-state index contributed by atoms with van der Waals surface area (Å²) in [7, 11) is 0. The minimum Gasteiger partial charge on any atom is -0.481 e. The number of aliphatic carboxylic acids is 1. The molecule has 1 aromatic rings. The molecule has 2 unspecified atom stereocenters. The van der Waals surface area contributed by atoms with Crippen molar-refractivity contribution in [2.45, 2.75) is 32.7 Å². The molecule has 1 fully saturated rings. The summed E-state index contributed by atoms with van der Waals surface area (Å²) in [6, 6.07) is 0. The number of oxazole rings is 1. The van der Waals surface area contributed by atoms with Gasteiger partial charge in [-0.3, -0.25) is 9.59 Å². The summed E-state index contributed by atoms with van der Waals surface area (Å²) in [6.07, 6.45) is 3.57. The van der Waals surface area contributed by atoms with Crippen molar-refractivity contribution in [1.29, 1.82) is 0 Å². The van der Waals surface area contributed by atoms with Crippen molar-refractivity contribution in [2.24, 2.45) is 11.8 Å². The molecular weight excluding hydrogens is 236 g/mol. The van der Waals surface area contributed by atoms with Gasteiger partial charge in [-0.05, 0) is 19.8 Å². The highest BCUT2D eigenvalue weighted by Gasteiger charge is 2.37. The monoisotopic (exact) mass is 252 g/mol. The lowest BCUT2D eigenvalue weighted by atomic mass is 9.95. The Morgan fingerprint density at radius 1 is 1.50 bits per heavy atom. The first kappa shape index (κ1) is 12.6. The topological polar surface area (TPSA) is 92.4 Å². The fourth-order valence-corrected chi connectivity index (χ4v) is 2.35. The van der Waals surface area contributed by atoms with Crippen molar-refractivity contribution in [3.8, 4) is 0 Å². The van der Waals surface area contributed by atoms with E-state index in [1.165, 1.54) is 0 Å². The standard InChI is InChI=1S/C12H16N2O4/c1-7-5-13-10(18-7)6-14-11(15)8-3-2-4-9(8)12(16)17/h5,8-9H,2-4,6H2,1H3,(H,14,15)(H,16,17). The number of carbonyl (C=O) groups is 2. The van der Waals surface area contributed by atoms with Gasteiger partial charge in [0.15, 0.2) is 0 Å². The Kier molecular flexibility index (Phi) is 3.64. The van der Waals surface area contributed by atoms with Gasteiger partial charge in [0.05, 0.1) is 24.6 Å². The van der Waals surface area contributed by atoms with E-state index < -0.39 is 17.8 Å². The molecule has 2 atom stereocenters. The van der Waals surface area contributed by atoms with Gasteiger partial charge in [0.1, 0.15) is 5.76 Å². The zero-order chi connectivity index (χ0) is 13.1. The van der Waals surface area contributed by atoms with Gasteiger partial charge >= 0.3 is 5.97 Å². The fourth-order valence-electron chi connectivity index (χ4n) is 2.35. The molecular formula is C12H16N2O4. The summed E-state index contributed by atoms with van der Waals surface area (Å²) in [5.74, 6) is -0.987. The highest BCUT2D eigenvalue weighted by atomic mass is 16.4. The number of carbonyl (C=O) groups excluding carboxylic acids is 1. The molecule has 0 aromatic carbocycles. The van der Waals surface area contributed by atoms with E-state index in [4.69, 9.17) is 9.52 Å². The molecule has 1 saturated carbocycles. The van der Waals surface area contributed by atoms with Gasteiger partial charge < -0.3 is 14.8 Å². The van der Waals surface area contributed by atoms with Crippen LogP contribution in [0.2, 0.25) is 0 Å². The van der Waals surface area contributed by atoms with E-state index >= 15 is 0 Å². The van der Waals surface area contributed by atoms with Crippen LogP contribution in [0.15, 0.2) is 10.6 Å². The molecule has 6 heteroatoms. The van der Waals surface area contributed by atoms with Gasteiger partial charge in [-0.1, -0.05) is 6.42 Å². The molecule has 0 radical (unpaired) electrons. The number of nitrogens with one attached hydrogen (secondary N) is 1. The van der Waals surface area contributed by atoms with Gasteiger partial charge in [0, 0.05) is 0 Å². The van der Waals surface area contributed by atoms with E-state index in [1.54, 1.807) is 13.1 Å². The smallest absolute Gasteiger partial charge is 0.307 e. The second-order valence-corrected chi connectivity index (χ2v) is 4.56. The predicted molar refractivity (Wildman–Crippen MR) is 61.6 cm³/mol. The summed E-state index contributed by atoms with van der Waals surface area (Å²) >= 11 is 0. The number of amides is 1. The molecule has 1 amide bonds. The summed E-state index contributed by atoms with van der Waals surface area (Å²) in [4.78, 5) is 26.9. The minimum absolute atomic E-state index is 0.204. The SMILES string of the molecule is Cc1cnc(CNC(=O)C2CCCC2C(=O)O)o1. The average Bonchev–Trinajstić information content (AvgIpc) is 2.94. The normalized spacial score (nSPS) is 22.9. The molecule has 1 heterocycles. The first-order chi connectivity index (χ1) is 8.58. The minimum atomic E-state index is -0.889. The summed E-state index contributed by atoms with van der Waals surface area (Å²) in [5, 5.41) is 11.7. The lowest BCUT2D eigenvalue weighted by molar-refractivity contribution is -0.146. The number of carboxylic acids is 1. The molecule has 0 aliphatic heterocycles. The summed E-state index contributed by atoms with van der Waals surface area (Å²) < 4.78 is 5.23. The molecule has 1 aliphatic rings. The van der Waals surface area contributed by atoms with Gasteiger partial charge in [-0.25, -0.2) is 4.98 Å². The molecule has 0 saturated heterocycles. The van der Waals surface area contributed by atoms with Crippen molar-refractivity contribution in [2.75, 3.05) is 0 Å². The lowest BCUT2D eigenvalue weighted by Gasteiger charge is -2.14. The Morgan fingerprint density at radius 2 is 2.22 bits per heavy atom. The number of hydrogen-bond acceptors (Lipinski definition) is 4. The zero-order valence-corrected chi connectivity index (χ0v) is 10.2. The van der Waals surface area contributed by atoms with Crippen LogP contribution in [0, 0.1) is 18.8 Å². The first-order valence-corrected chi connectivity index (χ1v) is 5.99. The van der Waals surface area contributed by atoms with Crippen LogP contribution in [0.25, 0.3) is 0 Å². The third kappa shape index (κ3) is 2.69. The van der Waals surface area contributed by atoms with Gasteiger partial charge in [-0.2, -0.15) is 0 Å². The van der Waals surface area contributed by atoms with E-state index in [0.717, 1.165) is 6.42 Å². The van der Waals surface area contributed by atoms with Crippen LogP contribution in [0.3, 0.4) is 0 Å². The van der Waals surface area contributed by atoms with E-state index in [9.17, 15) is 9.59 Å². The van der Waals surface area contributed by atoms with E-state index in [-0.39, 0.29) is 12.5 Å². The van der Waals surface area contributed by atoms with Crippen molar-refractivity contribution in [3.05, 3.63) is 17.8 Å². The largest absolute Gasteiger partial charge is 0.481 e. The summed E-state index contributed by atoms with van der Waals surface area (Å²) in [6.45, 7) is 1.98. The maximum absolute atomic E-state index is 11.9. The number of nitrogens with zero attached hydrogens (tertiary/aromatic N) is 1. The van der Waals surface area contributed by atoms with E-state index in [1.807, 2.05) is 0 Å². The Labute approximate surface area is 104 Å². The van der Waals surface area contributed by atoms with Crippen LogP contribution in [-0.2, 0) is 16.1 Å². The molecule has 0 spiro atoms. The number of carboxylic acid groups (broad SMARTS) is 1. The number of rotatable bonds is 4. The molecule has 1 aliphatic carbocycles. The molecule has 2 N–H and O–H groups in total. The van der Waals surface area contributed by atoms with Gasteiger partial charge in [0.2, 0.25) is 11.8 Å². The maximum Gasteiger partial charge on any atom is 0.307 e. The van der Waals surface area contributed by atoms with Crippen LogP contribution in [0.4, 0.5) is 0 Å². The van der Waals surface area contributed by atoms with Crippen LogP contribution < -0.4 is 5.32 Å². The van der Waals surface area contributed by atoms with Crippen molar-refractivity contribution in [1.82, 2.24) is 10.3 Å². The molecule has 0 bridgehead atoms. The van der Waals surface area contributed by atoms with Gasteiger partial charge in [-0.15, -0.1) is 0 Å². The fraction of sp³-hybridized carbons (Fsp3) is 0.583. The highest BCUT2D eigenvalue weighted by molar-refractivity contribution is 5.85. The average molecular weight is 252 g/mol. The van der Waals surface area contributed by atoms with E-state index in [0.29, 0.717) is 24.5 Å². The van der Waals surface area contributed by atoms with Crippen LogP contribution >= 0.6 is 0 Å². The molecule has 1 aromatic heterocycles. The highest BCUT2D eigenvalue weighted by Crippen LogP contribution is 2.32. The van der Waals surface area contributed by atoms with Crippen molar-refractivity contribution < 1.29 is 19.1 Å².